The van der Waals surface area contributed by atoms with Crippen molar-refractivity contribution in [3.8, 4) is 22.6 Å². The van der Waals surface area contributed by atoms with Crippen LogP contribution in [0.25, 0.3) is 22.0 Å². The van der Waals surface area contributed by atoms with Crippen LogP contribution >= 0.6 is 0 Å². The Bertz CT molecular complexity index is 951. The molecule has 120 valence electrons. The highest BCUT2D eigenvalue weighted by atomic mass is 16.5. The third-order valence-corrected chi connectivity index (χ3v) is 4.17. The van der Waals surface area contributed by atoms with Crippen molar-refractivity contribution in [1.82, 2.24) is 4.98 Å². The summed E-state index contributed by atoms with van der Waals surface area (Å²) < 4.78 is 16.0. The van der Waals surface area contributed by atoms with Gasteiger partial charge in [-0.25, -0.2) is 9.78 Å². The van der Waals surface area contributed by atoms with Crippen molar-refractivity contribution in [3.63, 3.8) is 0 Å². The number of esters is 1. The van der Waals surface area contributed by atoms with E-state index < -0.39 is 0 Å². The SMILES string of the molecule is COc1cc2nc3c(c(-c4ccccc4)c2cc1OC)C(=O)OC3. The van der Waals surface area contributed by atoms with E-state index in [2.05, 4.69) is 4.98 Å². The Morgan fingerprint density at radius 3 is 2.42 bits per heavy atom. The van der Waals surface area contributed by atoms with E-state index in [9.17, 15) is 4.79 Å². The van der Waals surface area contributed by atoms with Gasteiger partial charge in [-0.2, -0.15) is 0 Å². The Hall–Kier alpha value is -3.08. The molecule has 1 aliphatic rings. The summed E-state index contributed by atoms with van der Waals surface area (Å²) in [4.78, 5) is 16.9. The van der Waals surface area contributed by atoms with Gasteiger partial charge in [-0.3, -0.25) is 0 Å². The molecule has 4 rings (SSSR count). The third-order valence-electron chi connectivity index (χ3n) is 4.17. The van der Waals surface area contributed by atoms with Crippen LogP contribution in [0.5, 0.6) is 11.5 Å². The zero-order valence-electron chi connectivity index (χ0n) is 13.3. The Morgan fingerprint density at radius 1 is 1.00 bits per heavy atom. The quantitative estimate of drug-likeness (QED) is 0.690. The lowest BCUT2D eigenvalue weighted by Crippen LogP contribution is -2.01. The van der Waals surface area contributed by atoms with Gasteiger partial charge in [0.2, 0.25) is 0 Å². The number of rotatable bonds is 3. The van der Waals surface area contributed by atoms with Crippen molar-refractivity contribution >= 4 is 16.9 Å². The minimum absolute atomic E-state index is 0.193. The zero-order valence-corrected chi connectivity index (χ0v) is 13.3. The maximum Gasteiger partial charge on any atom is 0.341 e. The number of benzene rings is 2. The van der Waals surface area contributed by atoms with Gasteiger partial charge in [0.25, 0.3) is 0 Å². The minimum atomic E-state index is -0.340. The number of methoxy groups -OCH3 is 2. The fourth-order valence-electron chi connectivity index (χ4n) is 3.08. The predicted octanol–water partition coefficient (Wildman–Crippen LogP) is 3.59. The largest absolute Gasteiger partial charge is 0.493 e. The first-order chi connectivity index (χ1) is 11.7. The lowest BCUT2D eigenvalue weighted by molar-refractivity contribution is 0.0534. The van der Waals surface area contributed by atoms with E-state index in [0.29, 0.717) is 22.8 Å². The summed E-state index contributed by atoms with van der Waals surface area (Å²) in [6, 6.07) is 13.4. The molecular formula is C19H15NO4. The highest BCUT2D eigenvalue weighted by Gasteiger charge is 2.29. The molecule has 0 aliphatic carbocycles. The fourth-order valence-corrected chi connectivity index (χ4v) is 3.08. The highest BCUT2D eigenvalue weighted by molar-refractivity contribution is 6.09. The van der Waals surface area contributed by atoms with Crippen LogP contribution in [-0.4, -0.2) is 25.2 Å². The van der Waals surface area contributed by atoms with E-state index in [0.717, 1.165) is 22.0 Å². The number of carbonyl (C=O) groups is 1. The van der Waals surface area contributed by atoms with E-state index in [1.165, 1.54) is 0 Å². The van der Waals surface area contributed by atoms with Crippen LogP contribution in [0, 0.1) is 0 Å². The van der Waals surface area contributed by atoms with Crippen molar-refractivity contribution in [1.29, 1.82) is 0 Å². The average molecular weight is 321 g/mol. The zero-order chi connectivity index (χ0) is 16.7. The molecule has 0 bridgehead atoms. The van der Waals surface area contributed by atoms with Crippen molar-refractivity contribution < 1.29 is 19.0 Å². The van der Waals surface area contributed by atoms with Gasteiger partial charge in [-0.05, 0) is 11.6 Å². The fraction of sp³-hybridized carbons (Fsp3) is 0.158. The molecule has 0 atom stereocenters. The predicted molar refractivity (Wildman–Crippen MR) is 89.4 cm³/mol. The lowest BCUT2D eigenvalue weighted by Gasteiger charge is -2.14. The molecule has 5 heteroatoms. The molecule has 5 nitrogen and oxygen atoms in total. The number of aromatic nitrogens is 1. The molecule has 2 heterocycles. The molecule has 0 saturated heterocycles. The van der Waals surface area contributed by atoms with Crippen LogP contribution in [0.2, 0.25) is 0 Å². The second kappa shape index (κ2) is 5.53. The van der Waals surface area contributed by atoms with Gasteiger partial charge in [-0.15, -0.1) is 0 Å². The molecule has 3 aromatic rings. The van der Waals surface area contributed by atoms with E-state index in [1.807, 2.05) is 42.5 Å². The number of hydrogen-bond acceptors (Lipinski definition) is 5. The van der Waals surface area contributed by atoms with Crippen LogP contribution < -0.4 is 9.47 Å². The number of nitrogens with zero attached hydrogens (tertiary/aromatic N) is 1. The van der Waals surface area contributed by atoms with Crippen LogP contribution in [0.1, 0.15) is 16.1 Å². The maximum atomic E-state index is 12.3. The van der Waals surface area contributed by atoms with E-state index in [4.69, 9.17) is 14.2 Å². The average Bonchev–Trinajstić information content (AvgIpc) is 2.99. The van der Waals surface area contributed by atoms with Gasteiger partial charge in [-0.1, -0.05) is 30.3 Å². The van der Waals surface area contributed by atoms with Crippen molar-refractivity contribution in [3.05, 3.63) is 53.7 Å². The van der Waals surface area contributed by atoms with Crippen LogP contribution in [-0.2, 0) is 11.3 Å². The van der Waals surface area contributed by atoms with Gasteiger partial charge >= 0.3 is 5.97 Å². The number of fused-ring (bicyclic) bond motifs is 2. The Labute approximate surface area is 138 Å². The Kier molecular flexibility index (Phi) is 3.34. The monoisotopic (exact) mass is 321 g/mol. The van der Waals surface area contributed by atoms with Gasteiger partial charge < -0.3 is 14.2 Å². The van der Waals surface area contributed by atoms with Crippen molar-refractivity contribution in [2.45, 2.75) is 6.61 Å². The normalized spacial score (nSPS) is 12.8. The molecule has 1 aromatic heterocycles. The molecule has 0 spiro atoms. The number of cyclic esters (lactones) is 1. The second-order valence-corrected chi connectivity index (χ2v) is 5.47. The molecule has 0 amide bonds. The smallest absolute Gasteiger partial charge is 0.341 e. The first kappa shape index (κ1) is 14.5. The Morgan fingerprint density at radius 2 is 1.71 bits per heavy atom. The topological polar surface area (TPSA) is 57.7 Å². The highest BCUT2D eigenvalue weighted by Crippen LogP contribution is 2.40. The molecule has 24 heavy (non-hydrogen) atoms. The van der Waals surface area contributed by atoms with Crippen LogP contribution in [0.4, 0.5) is 0 Å². The summed E-state index contributed by atoms with van der Waals surface area (Å²) in [5, 5.41) is 0.830. The molecule has 0 fully saturated rings. The summed E-state index contributed by atoms with van der Waals surface area (Å²) in [6.07, 6.45) is 0. The van der Waals surface area contributed by atoms with Gasteiger partial charge in [0.1, 0.15) is 6.61 Å². The standard InChI is InChI=1S/C19H15NO4/c1-22-15-8-12-13(9-16(15)23-2)20-14-10-24-19(21)18(14)17(12)11-6-4-3-5-7-11/h3-9H,10H2,1-2H3. The van der Waals surface area contributed by atoms with Crippen LogP contribution in [0.3, 0.4) is 0 Å². The maximum absolute atomic E-state index is 12.3. The third kappa shape index (κ3) is 2.09. The Balaban J connectivity index is 2.13. The molecule has 0 N–H and O–H groups in total. The molecule has 1 aliphatic heterocycles. The van der Waals surface area contributed by atoms with Crippen molar-refractivity contribution in [2.24, 2.45) is 0 Å². The summed E-state index contributed by atoms with van der Waals surface area (Å²) >= 11 is 0. The van der Waals surface area contributed by atoms with Gasteiger partial charge in [0.05, 0.1) is 31.0 Å². The van der Waals surface area contributed by atoms with Gasteiger partial charge in [0, 0.05) is 17.0 Å². The number of hydrogen-bond donors (Lipinski definition) is 0. The molecule has 2 aromatic carbocycles. The van der Waals surface area contributed by atoms with Crippen LogP contribution in [0.15, 0.2) is 42.5 Å². The number of pyridine rings is 1. The van der Waals surface area contributed by atoms with Gasteiger partial charge in [0.15, 0.2) is 11.5 Å². The minimum Gasteiger partial charge on any atom is -0.493 e. The summed E-state index contributed by atoms with van der Waals surface area (Å²) in [7, 11) is 3.17. The van der Waals surface area contributed by atoms with Crippen molar-refractivity contribution in [2.75, 3.05) is 14.2 Å². The number of ether oxygens (including phenoxy) is 3. The summed E-state index contributed by atoms with van der Waals surface area (Å²) in [6.45, 7) is 0.193. The first-order valence-electron chi connectivity index (χ1n) is 7.54. The van der Waals surface area contributed by atoms with E-state index in [1.54, 1.807) is 14.2 Å². The summed E-state index contributed by atoms with van der Waals surface area (Å²) in [5.41, 5.74) is 3.68. The molecule has 0 saturated carbocycles. The molecular weight excluding hydrogens is 306 g/mol. The number of carbonyl (C=O) groups excluding carboxylic acids is 1. The first-order valence-corrected chi connectivity index (χ1v) is 7.54. The summed E-state index contributed by atoms with van der Waals surface area (Å²) in [5.74, 6) is 0.852. The van der Waals surface area contributed by atoms with E-state index >= 15 is 0 Å². The molecule has 0 radical (unpaired) electrons. The van der Waals surface area contributed by atoms with E-state index in [-0.39, 0.29) is 12.6 Å². The molecule has 0 unspecified atom stereocenters. The second-order valence-electron chi connectivity index (χ2n) is 5.47. The lowest BCUT2D eigenvalue weighted by atomic mass is 9.94.